The zero-order valence-corrected chi connectivity index (χ0v) is 29.8. The molecule has 0 aromatic rings. The van der Waals surface area contributed by atoms with Crippen LogP contribution in [0.1, 0.15) is 195 Å². The minimum atomic E-state index is -0.758. The summed E-state index contributed by atoms with van der Waals surface area (Å²) in [5, 5.41) is 0. The Morgan fingerprint density at radius 1 is 0.477 bits per heavy atom. The van der Waals surface area contributed by atoms with E-state index in [1.807, 2.05) is 0 Å². The Bertz CT molecular complexity index is 676. The van der Waals surface area contributed by atoms with Crippen LogP contribution < -0.4 is 0 Å². The monoisotopic (exact) mass is 625 g/mol. The summed E-state index contributed by atoms with van der Waals surface area (Å²) in [7, 11) is 0. The molecule has 0 aliphatic carbocycles. The fourth-order valence-corrected chi connectivity index (χ4v) is 5.31. The van der Waals surface area contributed by atoms with Gasteiger partial charge in [0.15, 0.2) is 6.10 Å². The molecule has 1 unspecified atom stereocenters. The van der Waals surface area contributed by atoms with Crippen molar-refractivity contribution in [1.82, 2.24) is 0 Å². The highest BCUT2D eigenvalue weighted by Gasteiger charge is 2.19. The fraction of sp³-hybridized carbons (Fsp3) is 0.921. The van der Waals surface area contributed by atoms with E-state index in [1.165, 1.54) is 83.5 Å². The Morgan fingerprint density at radius 2 is 0.864 bits per heavy atom. The molecule has 0 heterocycles. The number of esters is 3. The summed E-state index contributed by atoms with van der Waals surface area (Å²) in [6.45, 7) is 11.2. The van der Waals surface area contributed by atoms with Gasteiger partial charge in [0, 0.05) is 19.3 Å². The molecule has 0 aromatic heterocycles. The minimum Gasteiger partial charge on any atom is -0.462 e. The van der Waals surface area contributed by atoms with Gasteiger partial charge < -0.3 is 14.2 Å². The fourth-order valence-electron chi connectivity index (χ4n) is 5.31. The van der Waals surface area contributed by atoms with Gasteiger partial charge in [0.05, 0.1) is 0 Å². The van der Waals surface area contributed by atoms with Gasteiger partial charge >= 0.3 is 17.9 Å². The highest BCUT2D eigenvalue weighted by molar-refractivity contribution is 5.71. The molecule has 0 fully saturated rings. The Balaban J connectivity index is 4.38. The Kier molecular flexibility index (Phi) is 30.3. The molecule has 0 aliphatic heterocycles. The molecule has 0 aromatic carbocycles. The molecule has 0 saturated carbocycles. The zero-order chi connectivity index (χ0) is 32.7. The Morgan fingerprint density at radius 3 is 1.30 bits per heavy atom. The van der Waals surface area contributed by atoms with Crippen molar-refractivity contribution in [2.24, 2.45) is 11.8 Å². The number of hydrogen-bond donors (Lipinski definition) is 0. The molecule has 0 saturated heterocycles. The number of rotatable bonds is 32. The van der Waals surface area contributed by atoms with E-state index in [4.69, 9.17) is 14.2 Å². The smallest absolute Gasteiger partial charge is 0.306 e. The molecule has 0 rings (SSSR count). The van der Waals surface area contributed by atoms with E-state index in [0.29, 0.717) is 19.3 Å². The second-order valence-corrected chi connectivity index (χ2v) is 13.6. The lowest BCUT2D eigenvalue weighted by atomic mass is 10.00. The van der Waals surface area contributed by atoms with Crippen LogP contribution in [0.15, 0.2) is 0 Å². The van der Waals surface area contributed by atoms with Gasteiger partial charge in [0.2, 0.25) is 0 Å². The third-order valence-corrected chi connectivity index (χ3v) is 8.58. The van der Waals surface area contributed by atoms with E-state index < -0.39 is 6.10 Å². The van der Waals surface area contributed by atoms with Crippen molar-refractivity contribution in [2.45, 2.75) is 201 Å². The van der Waals surface area contributed by atoms with E-state index in [9.17, 15) is 14.4 Å². The highest BCUT2D eigenvalue weighted by Crippen LogP contribution is 2.16. The molecule has 0 N–H and O–H groups in total. The van der Waals surface area contributed by atoms with E-state index in [0.717, 1.165) is 69.6 Å². The van der Waals surface area contributed by atoms with Crippen LogP contribution in [-0.4, -0.2) is 37.2 Å². The second kappa shape index (κ2) is 31.4. The summed E-state index contributed by atoms with van der Waals surface area (Å²) >= 11 is 0. The predicted molar refractivity (Wildman–Crippen MR) is 183 cm³/mol. The number of hydrogen-bond acceptors (Lipinski definition) is 6. The minimum absolute atomic E-state index is 0.0685. The Hall–Kier alpha value is -1.59. The average Bonchev–Trinajstić information content (AvgIpc) is 3.00. The first-order chi connectivity index (χ1) is 21.3. The molecular weight excluding hydrogens is 552 g/mol. The molecule has 2 atom stereocenters. The maximum Gasteiger partial charge on any atom is 0.306 e. The third-order valence-electron chi connectivity index (χ3n) is 8.58. The van der Waals surface area contributed by atoms with Crippen LogP contribution in [0.2, 0.25) is 0 Å². The average molecular weight is 625 g/mol. The van der Waals surface area contributed by atoms with E-state index in [-0.39, 0.29) is 31.1 Å². The van der Waals surface area contributed by atoms with Gasteiger partial charge in [-0.1, -0.05) is 157 Å². The zero-order valence-electron chi connectivity index (χ0n) is 29.8. The summed E-state index contributed by atoms with van der Waals surface area (Å²) in [6.07, 6.45) is 25.4. The van der Waals surface area contributed by atoms with Gasteiger partial charge in [-0.3, -0.25) is 14.4 Å². The summed E-state index contributed by atoms with van der Waals surface area (Å²) in [5.41, 5.74) is 0. The highest BCUT2D eigenvalue weighted by atomic mass is 16.6. The molecule has 0 radical (unpaired) electrons. The topological polar surface area (TPSA) is 78.9 Å². The normalized spacial score (nSPS) is 12.7. The largest absolute Gasteiger partial charge is 0.462 e. The van der Waals surface area contributed by atoms with Crippen LogP contribution in [0.5, 0.6) is 0 Å². The van der Waals surface area contributed by atoms with Gasteiger partial charge in [0.1, 0.15) is 13.2 Å². The van der Waals surface area contributed by atoms with Crippen molar-refractivity contribution in [3.8, 4) is 0 Å². The summed E-state index contributed by atoms with van der Waals surface area (Å²) in [5.74, 6) is 0.691. The van der Waals surface area contributed by atoms with Crippen molar-refractivity contribution in [1.29, 1.82) is 0 Å². The number of ether oxygens (including phenoxy) is 3. The van der Waals surface area contributed by atoms with Crippen LogP contribution in [0.3, 0.4) is 0 Å². The molecule has 0 amide bonds. The van der Waals surface area contributed by atoms with E-state index in [2.05, 4.69) is 34.6 Å². The quantitative estimate of drug-likeness (QED) is 0.0421. The lowest BCUT2D eigenvalue weighted by molar-refractivity contribution is -0.167. The lowest BCUT2D eigenvalue weighted by Crippen LogP contribution is -2.30. The Labute approximate surface area is 272 Å². The standard InChI is InChI=1S/C38H72O6/c1-6-8-9-10-11-18-23-28-36(39)42-31-35(32-43-37(40)29-24-19-14-12-16-21-26-33(3)4)44-38(41)30-25-20-15-13-17-22-27-34(5)7-2/h33-35H,6-32H2,1-5H3/t34?,35-/m1/s1. The molecule has 6 nitrogen and oxygen atoms in total. The van der Waals surface area contributed by atoms with Crippen molar-refractivity contribution < 1.29 is 28.6 Å². The van der Waals surface area contributed by atoms with Crippen molar-refractivity contribution >= 4 is 17.9 Å². The molecule has 0 spiro atoms. The van der Waals surface area contributed by atoms with Gasteiger partial charge in [-0.2, -0.15) is 0 Å². The van der Waals surface area contributed by atoms with E-state index >= 15 is 0 Å². The first-order valence-corrected chi connectivity index (χ1v) is 18.8. The van der Waals surface area contributed by atoms with Gasteiger partial charge in [-0.25, -0.2) is 0 Å². The van der Waals surface area contributed by atoms with Crippen molar-refractivity contribution in [3.05, 3.63) is 0 Å². The SMILES string of the molecule is CCCCCCCCCC(=O)OC[C@H](COC(=O)CCCCCCCCC(C)C)OC(=O)CCCCCCCCC(C)CC. The second-order valence-electron chi connectivity index (χ2n) is 13.6. The van der Waals surface area contributed by atoms with Crippen LogP contribution in [0.25, 0.3) is 0 Å². The summed E-state index contributed by atoms with van der Waals surface area (Å²) in [4.78, 5) is 37.2. The first kappa shape index (κ1) is 42.4. The molecule has 260 valence electrons. The first-order valence-electron chi connectivity index (χ1n) is 18.8. The molecule has 0 aliphatic rings. The van der Waals surface area contributed by atoms with Crippen LogP contribution in [0, 0.1) is 11.8 Å². The maximum absolute atomic E-state index is 12.6. The van der Waals surface area contributed by atoms with Crippen molar-refractivity contribution in [3.63, 3.8) is 0 Å². The summed E-state index contributed by atoms with van der Waals surface area (Å²) < 4.78 is 16.5. The number of carbonyl (C=O) groups excluding carboxylic acids is 3. The number of unbranched alkanes of at least 4 members (excludes halogenated alkanes) is 16. The van der Waals surface area contributed by atoms with Crippen LogP contribution in [-0.2, 0) is 28.6 Å². The lowest BCUT2D eigenvalue weighted by Gasteiger charge is -2.18. The molecule has 0 bridgehead atoms. The van der Waals surface area contributed by atoms with Gasteiger partial charge in [-0.05, 0) is 31.1 Å². The molecule has 44 heavy (non-hydrogen) atoms. The van der Waals surface area contributed by atoms with Gasteiger partial charge in [0.25, 0.3) is 0 Å². The van der Waals surface area contributed by atoms with Crippen molar-refractivity contribution in [2.75, 3.05) is 13.2 Å². The van der Waals surface area contributed by atoms with Gasteiger partial charge in [-0.15, -0.1) is 0 Å². The van der Waals surface area contributed by atoms with E-state index in [1.54, 1.807) is 0 Å². The number of carbonyl (C=O) groups is 3. The molecule has 6 heteroatoms. The third kappa shape index (κ3) is 30.4. The predicted octanol–water partition coefficient (Wildman–Crippen LogP) is 11.1. The van der Waals surface area contributed by atoms with Crippen LogP contribution >= 0.6 is 0 Å². The molecular formula is C38H72O6. The maximum atomic E-state index is 12.6. The van der Waals surface area contributed by atoms with Crippen LogP contribution in [0.4, 0.5) is 0 Å². The summed E-state index contributed by atoms with van der Waals surface area (Å²) in [6, 6.07) is 0.